The van der Waals surface area contributed by atoms with Gasteiger partial charge in [-0.05, 0) is 36.8 Å². The van der Waals surface area contributed by atoms with E-state index in [1.165, 1.54) is 29.5 Å². The number of carbonyl (C=O) groups excluding carboxylic acids is 1. The molecule has 1 N–H and O–H groups in total. The van der Waals surface area contributed by atoms with E-state index in [1.54, 1.807) is 42.5 Å². The summed E-state index contributed by atoms with van der Waals surface area (Å²) in [7, 11) is 0. The van der Waals surface area contributed by atoms with Gasteiger partial charge in [0.1, 0.15) is 42.2 Å². The maximum atomic E-state index is 14.5. The van der Waals surface area contributed by atoms with Gasteiger partial charge in [0.05, 0.1) is 6.54 Å². The summed E-state index contributed by atoms with van der Waals surface area (Å²) in [6.45, 7) is 1.48. The maximum Gasteiger partial charge on any atom is 0.185 e. The zero-order valence-corrected chi connectivity index (χ0v) is 18.9. The standard InChI is InChI=1S/C27H23F2N3O3/c1-19-2-7-21(8-3-19)26(33)13-6-20-4-10-23(11-5-20)35-16-27(34,15-32-18-30-17-31-32)24-12-9-22(28)14-25(24)29/h2-14,17-18,34H,15-16H2,1H3. The summed E-state index contributed by atoms with van der Waals surface area (Å²) < 4.78 is 35.0. The van der Waals surface area contributed by atoms with Crippen molar-refractivity contribution >= 4 is 11.9 Å². The smallest absolute Gasteiger partial charge is 0.185 e. The molecule has 6 nitrogen and oxygen atoms in total. The Hall–Kier alpha value is -4.17. The summed E-state index contributed by atoms with van der Waals surface area (Å²) in [5, 5.41) is 15.2. The summed E-state index contributed by atoms with van der Waals surface area (Å²) in [6, 6.07) is 17.2. The zero-order chi connectivity index (χ0) is 24.8. The Kier molecular flexibility index (Phi) is 7.12. The molecular weight excluding hydrogens is 452 g/mol. The third-order valence-electron chi connectivity index (χ3n) is 5.44. The Morgan fingerprint density at radius 3 is 2.49 bits per heavy atom. The zero-order valence-electron chi connectivity index (χ0n) is 18.9. The molecule has 0 aliphatic carbocycles. The minimum Gasteiger partial charge on any atom is -0.490 e. The molecular formula is C27H23F2N3O3. The van der Waals surface area contributed by atoms with Gasteiger partial charge in [0.2, 0.25) is 0 Å². The Morgan fingerprint density at radius 1 is 1.09 bits per heavy atom. The molecule has 0 aliphatic heterocycles. The molecule has 0 saturated heterocycles. The first-order valence-electron chi connectivity index (χ1n) is 10.8. The third-order valence-corrected chi connectivity index (χ3v) is 5.44. The summed E-state index contributed by atoms with van der Waals surface area (Å²) >= 11 is 0. The van der Waals surface area contributed by atoms with Crippen LogP contribution in [0.1, 0.15) is 27.0 Å². The van der Waals surface area contributed by atoms with Gasteiger partial charge in [-0.1, -0.05) is 54.1 Å². The number of benzene rings is 3. The Balaban J connectivity index is 1.46. The van der Waals surface area contributed by atoms with Crippen LogP contribution in [-0.2, 0) is 12.1 Å². The molecule has 1 atom stereocenters. The second-order valence-corrected chi connectivity index (χ2v) is 8.17. The lowest BCUT2D eigenvalue weighted by molar-refractivity contribution is -0.0297. The minimum atomic E-state index is -1.84. The molecule has 0 saturated carbocycles. The number of nitrogens with zero attached hydrogens (tertiary/aromatic N) is 3. The highest BCUT2D eigenvalue weighted by molar-refractivity contribution is 6.06. The van der Waals surface area contributed by atoms with Gasteiger partial charge >= 0.3 is 0 Å². The van der Waals surface area contributed by atoms with Gasteiger partial charge < -0.3 is 9.84 Å². The lowest BCUT2D eigenvalue weighted by atomic mass is 9.94. The highest BCUT2D eigenvalue weighted by atomic mass is 19.1. The third kappa shape index (κ3) is 6.04. The van der Waals surface area contributed by atoms with E-state index in [0.29, 0.717) is 17.4 Å². The van der Waals surface area contributed by atoms with Gasteiger partial charge in [-0.2, -0.15) is 5.10 Å². The summed E-state index contributed by atoms with van der Waals surface area (Å²) in [5.74, 6) is -1.33. The molecule has 35 heavy (non-hydrogen) atoms. The van der Waals surface area contributed by atoms with Crippen LogP contribution in [0.5, 0.6) is 5.75 Å². The Labute approximate surface area is 201 Å². The van der Waals surface area contributed by atoms with Gasteiger partial charge in [0.15, 0.2) is 5.78 Å². The number of allylic oxidation sites excluding steroid dienone is 1. The van der Waals surface area contributed by atoms with Gasteiger partial charge in [-0.3, -0.25) is 4.79 Å². The lowest BCUT2D eigenvalue weighted by Crippen LogP contribution is -2.39. The average molecular weight is 475 g/mol. The van der Waals surface area contributed by atoms with E-state index < -0.39 is 17.2 Å². The van der Waals surface area contributed by atoms with Crippen molar-refractivity contribution in [2.45, 2.75) is 19.1 Å². The number of aryl methyl sites for hydroxylation is 1. The van der Waals surface area contributed by atoms with Crippen molar-refractivity contribution in [3.8, 4) is 5.75 Å². The van der Waals surface area contributed by atoms with Crippen molar-refractivity contribution in [2.24, 2.45) is 0 Å². The molecule has 1 aromatic heterocycles. The molecule has 0 spiro atoms. The Bertz CT molecular complexity index is 1320. The molecule has 4 rings (SSSR count). The fourth-order valence-corrected chi connectivity index (χ4v) is 3.52. The molecule has 8 heteroatoms. The van der Waals surface area contributed by atoms with Crippen LogP contribution in [0, 0.1) is 18.6 Å². The van der Waals surface area contributed by atoms with Crippen LogP contribution in [0.15, 0.2) is 85.5 Å². The Morgan fingerprint density at radius 2 is 1.83 bits per heavy atom. The van der Waals surface area contributed by atoms with Crippen LogP contribution in [0.3, 0.4) is 0 Å². The van der Waals surface area contributed by atoms with E-state index >= 15 is 0 Å². The van der Waals surface area contributed by atoms with Gasteiger partial charge in [-0.25, -0.2) is 18.4 Å². The number of aromatic nitrogens is 3. The van der Waals surface area contributed by atoms with E-state index in [4.69, 9.17) is 4.74 Å². The minimum absolute atomic E-state index is 0.107. The van der Waals surface area contributed by atoms with Crippen LogP contribution in [-0.4, -0.2) is 32.3 Å². The largest absolute Gasteiger partial charge is 0.490 e. The average Bonchev–Trinajstić information content (AvgIpc) is 3.35. The topological polar surface area (TPSA) is 77.2 Å². The highest BCUT2D eigenvalue weighted by Gasteiger charge is 2.34. The van der Waals surface area contributed by atoms with Gasteiger partial charge in [0.25, 0.3) is 0 Å². The van der Waals surface area contributed by atoms with Crippen LogP contribution in [0.4, 0.5) is 8.78 Å². The van der Waals surface area contributed by atoms with E-state index in [-0.39, 0.29) is 24.5 Å². The van der Waals surface area contributed by atoms with Crippen molar-refractivity contribution in [3.05, 3.63) is 119 Å². The van der Waals surface area contributed by atoms with Crippen LogP contribution >= 0.6 is 0 Å². The first-order chi connectivity index (χ1) is 16.8. The van der Waals surface area contributed by atoms with Crippen LogP contribution < -0.4 is 4.74 Å². The van der Waals surface area contributed by atoms with E-state index in [9.17, 15) is 18.7 Å². The SMILES string of the molecule is Cc1ccc(C(=O)C=Cc2ccc(OCC(O)(Cn3cncn3)c3ccc(F)cc3F)cc2)cc1. The summed E-state index contributed by atoms with van der Waals surface area (Å²) in [4.78, 5) is 16.2. The first kappa shape index (κ1) is 24.0. The molecule has 3 aromatic carbocycles. The molecule has 1 heterocycles. The normalized spacial score (nSPS) is 13.0. The molecule has 1 unspecified atom stereocenters. The van der Waals surface area contributed by atoms with Crippen molar-refractivity contribution < 1.29 is 23.4 Å². The highest BCUT2D eigenvalue weighted by Crippen LogP contribution is 2.28. The number of ketones is 1. The van der Waals surface area contributed by atoms with Crippen molar-refractivity contribution in [3.63, 3.8) is 0 Å². The predicted molar refractivity (Wildman–Crippen MR) is 127 cm³/mol. The number of hydrogen-bond acceptors (Lipinski definition) is 5. The first-order valence-corrected chi connectivity index (χ1v) is 10.8. The number of rotatable bonds is 9. The fraction of sp³-hybridized carbons (Fsp3) is 0.148. The maximum absolute atomic E-state index is 14.5. The van der Waals surface area contributed by atoms with Crippen molar-refractivity contribution in [1.82, 2.24) is 14.8 Å². The van der Waals surface area contributed by atoms with Crippen LogP contribution in [0.25, 0.3) is 6.08 Å². The summed E-state index contributed by atoms with van der Waals surface area (Å²) in [5.41, 5.74) is 0.497. The molecule has 0 fully saturated rings. The molecule has 0 aliphatic rings. The van der Waals surface area contributed by atoms with Crippen LogP contribution in [0.2, 0.25) is 0 Å². The van der Waals surface area contributed by atoms with Gasteiger partial charge in [-0.15, -0.1) is 0 Å². The summed E-state index contributed by atoms with van der Waals surface area (Å²) in [6.07, 6.45) is 5.86. The quantitative estimate of drug-likeness (QED) is 0.280. The van der Waals surface area contributed by atoms with Gasteiger partial charge in [0, 0.05) is 17.2 Å². The number of ether oxygens (including phenoxy) is 1. The molecule has 0 radical (unpaired) electrons. The van der Waals surface area contributed by atoms with E-state index in [1.807, 2.05) is 19.1 Å². The monoisotopic (exact) mass is 475 g/mol. The van der Waals surface area contributed by atoms with E-state index in [0.717, 1.165) is 17.2 Å². The second-order valence-electron chi connectivity index (χ2n) is 8.17. The number of hydrogen-bond donors (Lipinski definition) is 1. The van der Waals surface area contributed by atoms with E-state index in [2.05, 4.69) is 10.1 Å². The molecule has 0 bridgehead atoms. The molecule has 0 amide bonds. The second kappa shape index (κ2) is 10.4. The molecule has 178 valence electrons. The predicted octanol–water partition coefficient (Wildman–Crippen LogP) is 4.73. The number of halogens is 2. The lowest BCUT2D eigenvalue weighted by Gasteiger charge is -2.29. The van der Waals surface area contributed by atoms with Crippen molar-refractivity contribution in [1.29, 1.82) is 0 Å². The molecule has 4 aromatic rings. The van der Waals surface area contributed by atoms with Crippen molar-refractivity contribution in [2.75, 3.05) is 6.61 Å². The number of carbonyl (C=O) groups is 1. The number of aliphatic hydroxyl groups is 1. The fourth-order valence-electron chi connectivity index (χ4n) is 3.52.